The van der Waals surface area contributed by atoms with Crippen molar-refractivity contribution in [3.63, 3.8) is 0 Å². The first-order chi connectivity index (χ1) is 9.49. The van der Waals surface area contributed by atoms with Crippen LogP contribution in [-0.2, 0) is 4.74 Å². The fourth-order valence-corrected chi connectivity index (χ4v) is 1.38. The summed E-state index contributed by atoms with van der Waals surface area (Å²) in [6.45, 7) is 5.13. The van der Waals surface area contributed by atoms with Crippen molar-refractivity contribution in [2.75, 3.05) is 18.5 Å². The number of anilines is 1. The largest absolute Gasteiger partial charge is 0.491 e. The van der Waals surface area contributed by atoms with E-state index in [2.05, 4.69) is 16.6 Å². The van der Waals surface area contributed by atoms with Crippen LogP contribution in [0, 0.1) is 5.82 Å². The molecular weight excluding hydrogens is 269 g/mol. The Balaban J connectivity index is 3.05. The molecule has 0 heterocycles. The van der Waals surface area contributed by atoms with Crippen molar-refractivity contribution >= 4 is 17.7 Å². The number of carboxylic acid groups (broad SMARTS) is 1. The highest BCUT2D eigenvalue weighted by molar-refractivity contribution is 5.99. The number of amides is 1. The highest BCUT2D eigenvalue weighted by Crippen LogP contribution is 2.26. The van der Waals surface area contributed by atoms with Gasteiger partial charge in [0.2, 0.25) is 0 Å². The fraction of sp³-hybridized carbons (Fsp3) is 0.231. The molecule has 0 atom stereocenters. The first-order valence-corrected chi connectivity index (χ1v) is 5.73. The van der Waals surface area contributed by atoms with Gasteiger partial charge in [0.15, 0.2) is 11.6 Å². The molecular formula is C13H14FNO5. The minimum Gasteiger partial charge on any atom is -0.491 e. The monoisotopic (exact) mass is 283 g/mol. The van der Waals surface area contributed by atoms with E-state index in [1.165, 1.54) is 6.08 Å². The van der Waals surface area contributed by atoms with Gasteiger partial charge in [-0.25, -0.2) is 14.0 Å². The van der Waals surface area contributed by atoms with E-state index >= 15 is 0 Å². The van der Waals surface area contributed by atoms with Crippen molar-refractivity contribution in [1.29, 1.82) is 0 Å². The molecule has 1 aromatic carbocycles. The molecule has 1 rings (SSSR count). The molecule has 7 heteroatoms. The van der Waals surface area contributed by atoms with Crippen LogP contribution in [0.5, 0.6) is 5.75 Å². The van der Waals surface area contributed by atoms with Crippen LogP contribution < -0.4 is 10.1 Å². The van der Waals surface area contributed by atoms with Gasteiger partial charge in [-0.2, -0.15) is 0 Å². The normalized spacial score (nSPS) is 9.70. The summed E-state index contributed by atoms with van der Waals surface area (Å²) >= 11 is 0. The summed E-state index contributed by atoms with van der Waals surface area (Å²) in [5, 5.41) is 11.2. The predicted molar refractivity (Wildman–Crippen MR) is 69.7 cm³/mol. The summed E-state index contributed by atoms with van der Waals surface area (Å²) in [6.07, 6.45) is 0.437. The predicted octanol–water partition coefficient (Wildman–Crippen LogP) is 2.66. The van der Waals surface area contributed by atoms with Gasteiger partial charge in [-0.05, 0) is 13.0 Å². The van der Waals surface area contributed by atoms with Crippen LogP contribution in [0.3, 0.4) is 0 Å². The molecule has 0 aliphatic carbocycles. The lowest BCUT2D eigenvalue weighted by atomic mass is 10.1. The Morgan fingerprint density at radius 2 is 2.20 bits per heavy atom. The van der Waals surface area contributed by atoms with Crippen LogP contribution in [0.2, 0.25) is 0 Å². The zero-order valence-electron chi connectivity index (χ0n) is 10.8. The van der Waals surface area contributed by atoms with Crippen LogP contribution >= 0.6 is 0 Å². The van der Waals surface area contributed by atoms with Crippen LogP contribution in [-0.4, -0.2) is 30.4 Å². The molecule has 1 amide bonds. The molecule has 0 aromatic heterocycles. The second-order valence-corrected chi connectivity index (χ2v) is 3.58. The molecule has 20 heavy (non-hydrogen) atoms. The van der Waals surface area contributed by atoms with Gasteiger partial charge in [0.25, 0.3) is 0 Å². The highest BCUT2D eigenvalue weighted by atomic mass is 19.1. The number of rotatable bonds is 6. The maximum atomic E-state index is 13.7. The molecule has 0 spiro atoms. The molecule has 0 fully saturated rings. The van der Waals surface area contributed by atoms with E-state index in [4.69, 9.17) is 9.84 Å². The third-order valence-electron chi connectivity index (χ3n) is 2.17. The first kappa shape index (κ1) is 15.5. The molecule has 0 aliphatic rings. The number of ether oxygens (including phenoxy) is 2. The number of carbonyl (C=O) groups excluding carboxylic acids is 1. The lowest BCUT2D eigenvalue weighted by molar-refractivity contribution is 0.0697. The summed E-state index contributed by atoms with van der Waals surface area (Å²) in [5.74, 6) is -2.31. The number of hydrogen-bond acceptors (Lipinski definition) is 4. The number of halogens is 1. The smallest absolute Gasteiger partial charge is 0.411 e. The van der Waals surface area contributed by atoms with Gasteiger partial charge >= 0.3 is 12.1 Å². The number of hydrogen-bond donors (Lipinski definition) is 2. The lowest BCUT2D eigenvalue weighted by Gasteiger charge is -2.11. The van der Waals surface area contributed by atoms with Gasteiger partial charge in [-0.1, -0.05) is 12.7 Å². The van der Waals surface area contributed by atoms with Gasteiger partial charge in [0.1, 0.15) is 6.61 Å². The third-order valence-corrected chi connectivity index (χ3v) is 2.17. The van der Waals surface area contributed by atoms with Crippen LogP contribution in [0.25, 0.3) is 0 Å². The molecule has 0 unspecified atom stereocenters. The average Bonchev–Trinajstić information content (AvgIpc) is 2.39. The average molecular weight is 283 g/mol. The number of nitrogens with one attached hydrogen (secondary N) is 1. The summed E-state index contributed by atoms with van der Waals surface area (Å²) in [7, 11) is 0. The second kappa shape index (κ2) is 7.13. The highest BCUT2D eigenvalue weighted by Gasteiger charge is 2.18. The Labute approximate surface area is 114 Å². The Morgan fingerprint density at radius 1 is 1.50 bits per heavy atom. The van der Waals surface area contributed by atoms with Crippen LogP contribution in [0.1, 0.15) is 17.3 Å². The van der Waals surface area contributed by atoms with Crippen molar-refractivity contribution in [3.05, 3.63) is 36.2 Å². The van der Waals surface area contributed by atoms with E-state index in [-0.39, 0.29) is 30.2 Å². The summed E-state index contributed by atoms with van der Waals surface area (Å²) in [5.41, 5.74) is -0.516. The van der Waals surface area contributed by atoms with Crippen molar-refractivity contribution in [1.82, 2.24) is 0 Å². The number of aromatic carboxylic acids is 1. The second-order valence-electron chi connectivity index (χ2n) is 3.58. The minimum atomic E-state index is -1.33. The van der Waals surface area contributed by atoms with Crippen molar-refractivity contribution in [2.45, 2.75) is 6.92 Å². The van der Waals surface area contributed by atoms with E-state index in [9.17, 15) is 14.0 Å². The standard InChI is InChI=1S/C13H14FNO5/c1-3-5-20-13(18)15-10-7-9(14)11(19-4-2)6-8(10)12(16)17/h3,6-7H,1,4-5H2,2H3,(H,15,18)(H,16,17). The van der Waals surface area contributed by atoms with Crippen LogP contribution in [0.15, 0.2) is 24.8 Å². The molecule has 0 saturated carbocycles. The first-order valence-electron chi connectivity index (χ1n) is 5.73. The summed E-state index contributed by atoms with van der Waals surface area (Å²) in [6, 6.07) is 1.87. The molecule has 1 aromatic rings. The van der Waals surface area contributed by atoms with E-state index in [1.54, 1.807) is 6.92 Å². The van der Waals surface area contributed by atoms with E-state index in [1.807, 2.05) is 0 Å². The van der Waals surface area contributed by atoms with Gasteiger partial charge in [0.05, 0.1) is 17.9 Å². The van der Waals surface area contributed by atoms with Crippen molar-refractivity contribution in [2.24, 2.45) is 0 Å². The van der Waals surface area contributed by atoms with E-state index < -0.39 is 17.9 Å². The van der Waals surface area contributed by atoms with Gasteiger partial charge in [-0.15, -0.1) is 0 Å². The Hall–Kier alpha value is -2.57. The topological polar surface area (TPSA) is 84.9 Å². The van der Waals surface area contributed by atoms with E-state index in [0.717, 1.165) is 12.1 Å². The molecule has 0 radical (unpaired) electrons. The zero-order valence-corrected chi connectivity index (χ0v) is 10.8. The zero-order chi connectivity index (χ0) is 15.1. The van der Waals surface area contributed by atoms with Crippen molar-refractivity contribution in [3.8, 4) is 5.75 Å². The van der Waals surface area contributed by atoms with Gasteiger partial charge < -0.3 is 14.6 Å². The maximum absolute atomic E-state index is 13.7. The molecule has 0 aliphatic heterocycles. The van der Waals surface area contributed by atoms with Gasteiger partial charge in [0, 0.05) is 6.07 Å². The molecule has 2 N–H and O–H groups in total. The molecule has 0 bridgehead atoms. The Bertz CT molecular complexity index is 530. The van der Waals surface area contributed by atoms with Crippen molar-refractivity contribution < 1.29 is 28.6 Å². The Morgan fingerprint density at radius 3 is 2.75 bits per heavy atom. The number of carbonyl (C=O) groups is 2. The summed E-state index contributed by atoms with van der Waals surface area (Å²) < 4.78 is 23.2. The van der Waals surface area contributed by atoms with Crippen LogP contribution in [0.4, 0.5) is 14.9 Å². The minimum absolute atomic E-state index is 0.0479. The SMILES string of the molecule is C=CCOC(=O)Nc1cc(F)c(OCC)cc1C(=O)O. The van der Waals surface area contributed by atoms with Gasteiger partial charge in [-0.3, -0.25) is 5.32 Å². The molecule has 0 saturated heterocycles. The fourth-order valence-electron chi connectivity index (χ4n) is 1.38. The molecule has 6 nitrogen and oxygen atoms in total. The lowest BCUT2D eigenvalue weighted by Crippen LogP contribution is -2.16. The molecule has 108 valence electrons. The number of benzene rings is 1. The quantitative estimate of drug-likeness (QED) is 0.784. The third kappa shape index (κ3) is 3.98. The number of carboxylic acids is 1. The summed E-state index contributed by atoms with van der Waals surface area (Å²) in [4.78, 5) is 22.4. The maximum Gasteiger partial charge on any atom is 0.411 e. The Kier molecular flexibility index (Phi) is 5.52. The van der Waals surface area contributed by atoms with E-state index in [0.29, 0.717) is 0 Å².